The van der Waals surface area contributed by atoms with Crippen molar-refractivity contribution in [3.63, 3.8) is 0 Å². The number of hydrogen-bond donors (Lipinski definition) is 1. The third-order valence-electron chi connectivity index (χ3n) is 2.32. The topological polar surface area (TPSA) is 26.0 Å². The van der Waals surface area contributed by atoms with E-state index in [1.54, 1.807) is 6.07 Å². The average molecular weight is 201 g/mol. The number of halogens is 1. The molecule has 0 aromatic heterocycles. The molecular weight excluding hydrogens is 189 g/mol. The van der Waals surface area contributed by atoms with Crippen molar-refractivity contribution in [2.45, 2.75) is 6.54 Å². The van der Waals surface area contributed by atoms with Crippen molar-refractivity contribution in [2.24, 2.45) is 5.73 Å². The van der Waals surface area contributed by atoms with Gasteiger partial charge in [0, 0.05) is 6.54 Å². The van der Waals surface area contributed by atoms with Gasteiger partial charge in [-0.15, -0.1) is 0 Å². The summed E-state index contributed by atoms with van der Waals surface area (Å²) in [6.45, 7) is 0.503. The maximum atomic E-state index is 13.0. The Morgan fingerprint density at radius 2 is 1.60 bits per heavy atom. The first-order chi connectivity index (χ1) is 7.29. The van der Waals surface area contributed by atoms with Crippen molar-refractivity contribution >= 4 is 0 Å². The molecule has 15 heavy (non-hydrogen) atoms. The first kappa shape index (κ1) is 9.87. The van der Waals surface area contributed by atoms with Gasteiger partial charge in [-0.2, -0.15) is 0 Å². The van der Waals surface area contributed by atoms with Crippen LogP contribution in [0, 0.1) is 5.82 Å². The molecule has 0 amide bonds. The molecule has 0 atom stereocenters. The van der Waals surface area contributed by atoms with Crippen LogP contribution in [-0.4, -0.2) is 0 Å². The molecule has 0 unspecified atom stereocenters. The van der Waals surface area contributed by atoms with Crippen LogP contribution in [-0.2, 0) is 6.54 Å². The summed E-state index contributed by atoms with van der Waals surface area (Å²) < 4.78 is 13.0. The molecule has 0 radical (unpaired) electrons. The Labute approximate surface area is 88.4 Å². The summed E-state index contributed by atoms with van der Waals surface area (Å²) in [5.74, 6) is -0.217. The Morgan fingerprint density at radius 3 is 2.27 bits per heavy atom. The normalized spacial score (nSPS) is 10.3. The third-order valence-corrected chi connectivity index (χ3v) is 2.32. The molecular formula is C13H12FN. The molecule has 76 valence electrons. The van der Waals surface area contributed by atoms with Gasteiger partial charge in [-0.3, -0.25) is 0 Å². The molecule has 0 saturated heterocycles. The zero-order chi connectivity index (χ0) is 10.7. The smallest absolute Gasteiger partial charge is 0.123 e. The minimum absolute atomic E-state index is 0.217. The first-order valence-electron chi connectivity index (χ1n) is 4.84. The van der Waals surface area contributed by atoms with Crippen molar-refractivity contribution < 1.29 is 4.39 Å². The van der Waals surface area contributed by atoms with E-state index in [2.05, 4.69) is 0 Å². The Balaban J connectivity index is 2.44. The number of hydrogen-bond acceptors (Lipinski definition) is 1. The third kappa shape index (κ3) is 2.22. The highest BCUT2D eigenvalue weighted by atomic mass is 19.1. The van der Waals surface area contributed by atoms with Gasteiger partial charge in [0.25, 0.3) is 0 Å². The molecule has 0 fully saturated rings. The standard InChI is InChI=1S/C13H12FN/c14-13-6-2-5-12(8-13)11-4-1-3-10(7-11)9-15/h1-8H,9,15H2. The fourth-order valence-corrected chi connectivity index (χ4v) is 1.55. The SMILES string of the molecule is NCc1cccc(-c2cccc(F)c2)c1. The molecule has 0 heterocycles. The van der Waals surface area contributed by atoms with Gasteiger partial charge in [0.1, 0.15) is 5.82 Å². The maximum Gasteiger partial charge on any atom is 0.123 e. The molecule has 2 aromatic rings. The van der Waals surface area contributed by atoms with Crippen LogP contribution in [0.5, 0.6) is 0 Å². The largest absolute Gasteiger partial charge is 0.326 e. The van der Waals surface area contributed by atoms with Crippen molar-refractivity contribution in [1.82, 2.24) is 0 Å². The molecule has 0 spiro atoms. The Bertz CT molecular complexity index is 466. The monoisotopic (exact) mass is 201 g/mol. The van der Waals surface area contributed by atoms with Gasteiger partial charge in [0.2, 0.25) is 0 Å². The Morgan fingerprint density at radius 1 is 0.933 bits per heavy atom. The van der Waals surface area contributed by atoms with Crippen LogP contribution in [0.1, 0.15) is 5.56 Å². The highest BCUT2D eigenvalue weighted by Gasteiger charge is 1.99. The second kappa shape index (κ2) is 4.24. The van der Waals surface area contributed by atoms with Crippen LogP contribution in [0.15, 0.2) is 48.5 Å². The lowest BCUT2D eigenvalue weighted by molar-refractivity contribution is 0.628. The highest BCUT2D eigenvalue weighted by Crippen LogP contribution is 2.20. The summed E-state index contributed by atoms with van der Waals surface area (Å²) >= 11 is 0. The van der Waals surface area contributed by atoms with Crippen LogP contribution < -0.4 is 5.73 Å². The molecule has 2 rings (SSSR count). The van der Waals surface area contributed by atoms with Gasteiger partial charge in [-0.25, -0.2) is 4.39 Å². The molecule has 0 aliphatic carbocycles. The predicted molar refractivity (Wildman–Crippen MR) is 59.7 cm³/mol. The summed E-state index contributed by atoms with van der Waals surface area (Å²) in [5, 5.41) is 0. The van der Waals surface area contributed by atoms with E-state index in [0.717, 1.165) is 16.7 Å². The van der Waals surface area contributed by atoms with E-state index in [4.69, 9.17) is 5.73 Å². The van der Waals surface area contributed by atoms with Gasteiger partial charge in [-0.05, 0) is 34.9 Å². The summed E-state index contributed by atoms with van der Waals surface area (Å²) in [5.41, 5.74) is 8.48. The van der Waals surface area contributed by atoms with E-state index in [1.165, 1.54) is 12.1 Å². The second-order valence-electron chi connectivity index (χ2n) is 3.41. The fourth-order valence-electron chi connectivity index (χ4n) is 1.55. The second-order valence-corrected chi connectivity index (χ2v) is 3.41. The van der Waals surface area contributed by atoms with Crippen LogP contribution in [0.4, 0.5) is 4.39 Å². The van der Waals surface area contributed by atoms with Crippen LogP contribution in [0.3, 0.4) is 0 Å². The molecule has 1 nitrogen and oxygen atoms in total. The summed E-state index contributed by atoms with van der Waals surface area (Å²) in [4.78, 5) is 0. The van der Waals surface area contributed by atoms with Crippen molar-refractivity contribution in [1.29, 1.82) is 0 Å². The van der Waals surface area contributed by atoms with Gasteiger partial charge in [0.15, 0.2) is 0 Å². The van der Waals surface area contributed by atoms with Gasteiger partial charge >= 0.3 is 0 Å². The lowest BCUT2D eigenvalue weighted by Gasteiger charge is -2.03. The summed E-state index contributed by atoms with van der Waals surface area (Å²) in [7, 11) is 0. The molecule has 2 N–H and O–H groups in total. The van der Waals surface area contributed by atoms with Crippen LogP contribution >= 0.6 is 0 Å². The zero-order valence-electron chi connectivity index (χ0n) is 8.28. The maximum absolute atomic E-state index is 13.0. The minimum atomic E-state index is -0.217. The van der Waals surface area contributed by atoms with E-state index in [9.17, 15) is 4.39 Å². The lowest BCUT2D eigenvalue weighted by Crippen LogP contribution is -1.95. The first-order valence-corrected chi connectivity index (χ1v) is 4.84. The van der Waals surface area contributed by atoms with Gasteiger partial charge in [0.05, 0.1) is 0 Å². The Kier molecular flexibility index (Phi) is 2.79. The van der Waals surface area contributed by atoms with E-state index in [1.807, 2.05) is 30.3 Å². The zero-order valence-corrected chi connectivity index (χ0v) is 8.28. The quantitative estimate of drug-likeness (QED) is 0.794. The summed E-state index contributed by atoms with van der Waals surface area (Å²) in [6.07, 6.45) is 0. The predicted octanol–water partition coefficient (Wildman–Crippen LogP) is 2.95. The minimum Gasteiger partial charge on any atom is -0.326 e. The van der Waals surface area contributed by atoms with Crippen molar-refractivity contribution in [3.8, 4) is 11.1 Å². The van der Waals surface area contributed by atoms with Gasteiger partial charge < -0.3 is 5.73 Å². The Hall–Kier alpha value is -1.67. The molecule has 0 bridgehead atoms. The number of rotatable bonds is 2. The van der Waals surface area contributed by atoms with Crippen LogP contribution in [0.2, 0.25) is 0 Å². The van der Waals surface area contributed by atoms with E-state index < -0.39 is 0 Å². The van der Waals surface area contributed by atoms with Gasteiger partial charge in [-0.1, -0.05) is 30.3 Å². The number of benzene rings is 2. The van der Waals surface area contributed by atoms with E-state index in [-0.39, 0.29) is 5.82 Å². The van der Waals surface area contributed by atoms with E-state index in [0.29, 0.717) is 6.54 Å². The average Bonchev–Trinajstić information content (AvgIpc) is 2.29. The van der Waals surface area contributed by atoms with Crippen LogP contribution in [0.25, 0.3) is 11.1 Å². The lowest BCUT2D eigenvalue weighted by atomic mass is 10.0. The highest BCUT2D eigenvalue weighted by molar-refractivity contribution is 5.64. The molecule has 0 saturated carbocycles. The molecule has 2 heteroatoms. The fraction of sp³-hybridized carbons (Fsp3) is 0.0769. The van der Waals surface area contributed by atoms with E-state index >= 15 is 0 Å². The molecule has 0 aliphatic heterocycles. The summed E-state index contributed by atoms with van der Waals surface area (Å²) in [6, 6.07) is 14.4. The molecule has 2 aromatic carbocycles. The number of nitrogens with two attached hydrogens (primary N) is 1. The van der Waals surface area contributed by atoms with Crippen molar-refractivity contribution in [3.05, 3.63) is 59.9 Å². The van der Waals surface area contributed by atoms with Crippen molar-refractivity contribution in [2.75, 3.05) is 0 Å². The molecule has 0 aliphatic rings.